The molecule has 3 aliphatic rings. The van der Waals surface area contributed by atoms with Gasteiger partial charge in [-0.15, -0.1) is 0 Å². The second-order valence-corrected chi connectivity index (χ2v) is 8.84. The van der Waals surface area contributed by atoms with E-state index >= 15 is 0 Å². The molecule has 3 aromatic carbocycles. The number of hydrogen-bond donors (Lipinski definition) is 0. The molecule has 31 heavy (non-hydrogen) atoms. The maximum Gasteiger partial charge on any atom is 0.343 e. The van der Waals surface area contributed by atoms with Gasteiger partial charge < -0.3 is 4.74 Å². The first kappa shape index (κ1) is 18.3. The molecule has 3 aromatic rings. The number of benzene rings is 3. The van der Waals surface area contributed by atoms with Crippen molar-refractivity contribution in [3.05, 3.63) is 72.3 Å². The van der Waals surface area contributed by atoms with Gasteiger partial charge in [0.1, 0.15) is 5.75 Å². The average molecular weight is 411 g/mol. The molecule has 2 aliphatic carbocycles. The molecule has 1 heterocycles. The minimum Gasteiger partial charge on any atom is -0.423 e. The summed E-state index contributed by atoms with van der Waals surface area (Å²) in [5.41, 5.74) is 0.905. The van der Waals surface area contributed by atoms with Gasteiger partial charge in [0.25, 0.3) is 0 Å². The average Bonchev–Trinajstić information content (AvgIpc) is 3.47. The summed E-state index contributed by atoms with van der Waals surface area (Å²) < 4.78 is 5.53. The van der Waals surface area contributed by atoms with Gasteiger partial charge in [0.2, 0.25) is 11.8 Å². The Hall–Kier alpha value is -3.47. The van der Waals surface area contributed by atoms with E-state index in [9.17, 15) is 14.4 Å². The number of fused-ring (bicyclic) bond motifs is 6. The zero-order valence-electron chi connectivity index (χ0n) is 16.9. The molecule has 3 fully saturated rings. The molecule has 2 amide bonds. The number of anilines is 1. The van der Waals surface area contributed by atoms with E-state index in [0.717, 1.165) is 30.0 Å². The Kier molecular flexibility index (Phi) is 4.00. The highest BCUT2D eigenvalue weighted by atomic mass is 16.5. The Morgan fingerprint density at radius 1 is 0.806 bits per heavy atom. The number of hydrogen-bond acceptors (Lipinski definition) is 4. The minimum atomic E-state index is -0.476. The first-order chi connectivity index (χ1) is 15.1. The van der Waals surface area contributed by atoms with Crippen LogP contribution in [0.4, 0.5) is 5.69 Å². The Bertz CT molecular complexity index is 1200. The van der Waals surface area contributed by atoms with Crippen LogP contribution in [0.5, 0.6) is 5.75 Å². The van der Waals surface area contributed by atoms with Crippen molar-refractivity contribution in [1.29, 1.82) is 0 Å². The third-order valence-electron chi connectivity index (χ3n) is 7.22. The van der Waals surface area contributed by atoms with Crippen LogP contribution >= 0.6 is 0 Å². The van der Waals surface area contributed by atoms with E-state index in [1.807, 2.05) is 36.4 Å². The fourth-order valence-corrected chi connectivity index (χ4v) is 5.81. The topological polar surface area (TPSA) is 63.7 Å². The molecular formula is C26H21NO4. The fraction of sp³-hybridized carbons (Fsp3) is 0.269. The van der Waals surface area contributed by atoms with Crippen LogP contribution < -0.4 is 9.64 Å². The predicted molar refractivity (Wildman–Crippen MR) is 116 cm³/mol. The van der Waals surface area contributed by atoms with E-state index < -0.39 is 5.97 Å². The van der Waals surface area contributed by atoms with E-state index in [1.54, 1.807) is 30.3 Å². The van der Waals surface area contributed by atoms with Crippen molar-refractivity contribution in [1.82, 2.24) is 0 Å². The van der Waals surface area contributed by atoms with E-state index in [1.165, 1.54) is 4.90 Å². The maximum absolute atomic E-state index is 13.0. The Labute approximate surface area is 179 Å². The monoisotopic (exact) mass is 411 g/mol. The van der Waals surface area contributed by atoms with Crippen LogP contribution in [0.15, 0.2) is 66.7 Å². The van der Waals surface area contributed by atoms with Gasteiger partial charge in [-0.2, -0.15) is 0 Å². The first-order valence-electron chi connectivity index (χ1n) is 10.8. The number of ether oxygens (including phenoxy) is 1. The van der Waals surface area contributed by atoms with E-state index in [2.05, 4.69) is 0 Å². The molecule has 0 unspecified atom stereocenters. The first-order valence-corrected chi connectivity index (χ1v) is 10.8. The number of imide groups is 1. The third-order valence-corrected chi connectivity index (χ3v) is 7.22. The molecule has 5 heteroatoms. The van der Waals surface area contributed by atoms with Gasteiger partial charge in [-0.05, 0) is 78.3 Å². The largest absolute Gasteiger partial charge is 0.423 e. The Balaban J connectivity index is 1.21. The molecule has 4 atom stereocenters. The second kappa shape index (κ2) is 6.77. The zero-order valence-corrected chi connectivity index (χ0v) is 16.9. The highest BCUT2D eigenvalue weighted by molar-refractivity contribution is 6.22. The molecule has 154 valence electrons. The number of carbonyl (C=O) groups excluding carboxylic acids is 3. The van der Waals surface area contributed by atoms with Crippen LogP contribution in [0.1, 0.15) is 29.6 Å². The lowest BCUT2D eigenvalue weighted by Crippen LogP contribution is -2.32. The van der Waals surface area contributed by atoms with Gasteiger partial charge in [-0.25, -0.2) is 4.79 Å². The third kappa shape index (κ3) is 2.80. The molecule has 2 saturated carbocycles. The molecule has 1 aliphatic heterocycles. The molecule has 2 bridgehead atoms. The van der Waals surface area contributed by atoms with E-state index in [4.69, 9.17) is 4.74 Å². The number of esters is 1. The highest BCUT2D eigenvalue weighted by Gasteiger charge is 2.61. The van der Waals surface area contributed by atoms with Crippen LogP contribution in [-0.4, -0.2) is 17.8 Å². The number of rotatable bonds is 3. The molecule has 0 N–H and O–H groups in total. The van der Waals surface area contributed by atoms with E-state index in [-0.39, 0.29) is 23.7 Å². The molecule has 5 nitrogen and oxygen atoms in total. The Morgan fingerprint density at radius 3 is 2.13 bits per heavy atom. The number of amides is 2. The van der Waals surface area contributed by atoms with Crippen LogP contribution in [0, 0.1) is 23.7 Å². The van der Waals surface area contributed by atoms with Crippen LogP contribution in [-0.2, 0) is 9.59 Å². The van der Waals surface area contributed by atoms with Gasteiger partial charge in [-0.1, -0.05) is 30.3 Å². The normalized spacial score (nSPS) is 26.5. The number of nitrogens with zero attached hydrogens (tertiary/aromatic N) is 1. The van der Waals surface area contributed by atoms with E-state index in [0.29, 0.717) is 28.8 Å². The summed E-state index contributed by atoms with van der Waals surface area (Å²) in [6.45, 7) is 0. The van der Waals surface area contributed by atoms with Crippen molar-refractivity contribution >= 4 is 34.2 Å². The summed E-state index contributed by atoms with van der Waals surface area (Å²) in [5.74, 6) is 0.257. The van der Waals surface area contributed by atoms with Crippen LogP contribution in [0.3, 0.4) is 0 Å². The lowest BCUT2D eigenvalue weighted by Gasteiger charge is -2.19. The highest BCUT2D eigenvalue weighted by Crippen LogP contribution is 2.56. The van der Waals surface area contributed by atoms with Crippen molar-refractivity contribution in [2.75, 3.05) is 4.90 Å². The molecule has 0 radical (unpaired) electrons. The van der Waals surface area contributed by atoms with Crippen molar-refractivity contribution in [2.45, 2.75) is 19.3 Å². The molecular weight excluding hydrogens is 390 g/mol. The minimum absolute atomic E-state index is 0.0753. The lowest BCUT2D eigenvalue weighted by molar-refractivity contribution is -0.123. The summed E-state index contributed by atoms with van der Waals surface area (Å²) >= 11 is 0. The quantitative estimate of drug-likeness (QED) is 0.359. The lowest BCUT2D eigenvalue weighted by atomic mass is 9.81. The predicted octanol–water partition coefficient (Wildman–Crippen LogP) is 4.59. The molecule has 0 aromatic heterocycles. The van der Waals surface area contributed by atoms with Crippen molar-refractivity contribution in [3.63, 3.8) is 0 Å². The van der Waals surface area contributed by atoms with Gasteiger partial charge in [0.05, 0.1) is 23.1 Å². The van der Waals surface area contributed by atoms with Crippen LogP contribution in [0.25, 0.3) is 10.8 Å². The summed E-state index contributed by atoms with van der Waals surface area (Å²) in [4.78, 5) is 39.9. The summed E-state index contributed by atoms with van der Waals surface area (Å²) in [6, 6.07) is 19.9. The van der Waals surface area contributed by atoms with Gasteiger partial charge in [-0.3, -0.25) is 14.5 Å². The van der Waals surface area contributed by atoms with Gasteiger partial charge in [0.15, 0.2) is 0 Å². The number of carbonyl (C=O) groups is 3. The van der Waals surface area contributed by atoms with Gasteiger partial charge >= 0.3 is 5.97 Å². The fourth-order valence-electron chi connectivity index (χ4n) is 5.81. The standard InChI is InChI=1S/C26H21NO4/c28-24-22-18-5-6-19(13-18)23(22)25(29)27(24)20-10-7-16(8-11-20)26(30)31-21-12-9-15-3-1-2-4-17(15)14-21/h1-4,7-12,14,18-19,22-23H,5-6,13H2/t18-,19-,22-,23+/m0/s1. The molecule has 0 spiro atoms. The second-order valence-electron chi connectivity index (χ2n) is 8.84. The molecule has 6 rings (SSSR count). The van der Waals surface area contributed by atoms with Crippen molar-refractivity contribution < 1.29 is 19.1 Å². The van der Waals surface area contributed by atoms with Crippen LogP contribution in [0.2, 0.25) is 0 Å². The smallest absolute Gasteiger partial charge is 0.343 e. The molecule has 1 saturated heterocycles. The summed E-state index contributed by atoms with van der Waals surface area (Å²) in [6.07, 6.45) is 3.12. The zero-order chi connectivity index (χ0) is 21.1. The maximum atomic E-state index is 13.0. The SMILES string of the molecule is O=C(Oc1ccc2ccccc2c1)c1ccc(N2C(=O)[C@@H]3[C@H]4CC[C@@H](C4)[C@@H]3C2=O)cc1. The van der Waals surface area contributed by atoms with Crippen molar-refractivity contribution in [2.24, 2.45) is 23.7 Å². The van der Waals surface area contributed by atoms with Gasteiger partial charge in [0, 0.05) is 0 Å². The summed E-state index contributed by atoms with van der Waals surface area (Å²) in [5, 5.41) is 2.07. The Morgan fingerprint density at radius 2 is 1.45 bits per heavy atom. The summed E-state index contributed by atoms with van der Waals surface area (Å²) in [7, 11) is 0. The van der Waals surface area contributed by atoms with Crippen molar-refractivity contribution in [3.8, 4) is 5.75 Å².